The lowest BCUT2D eigenvalue weighted by Gasteiger charge is -2.10. The van der Waals surface area contributed by atoms with E-state index in [0.29, 0.717) is 10.0 Å². The molecule has 4 nitrogen and oxygen atoms in total. The Balaban J connectivity index is 2.20. The Morgan fingerprint density at radius 1 is 1.24 bits per heavy atom. The lowest BCUT2D eigenvalue weighted by molar-refractivity contribution is -0.384. The van der Waals surface area contributed by atoms with Crippen LogP contribution < -0.4 is 4.74 Å². The van der Waals surface area contributed by atoms with E-state index in [2.05, 4.69) is 15.9 Å². The number of nitrogens with zero attached hydrogens (tertiary/aromatic N) is 1. The first-order chi connectivity index (χ1) is 9.88. The highest BCUT2D eigenvalue weighted by Gasteiger charge is 2.16. The third kappa shape index (κ3) is 3.84. The Labute approximate surface area is 137 Å². The molecule has 0 saturated carbocycles. The molecule has 21 heavy (non-hydrogen) atoms. The molecule has 0 atom stereocenters. The van der Waals surface area contributed by atoms with Gasteiger partial charge in [0, 0.05) is 12.1 Å². The molecular formula is C13H7BrCl2FNO3. The summed E-state index contributed by atoms with van der Waals surface area (Å²) >= 11 is 14.9. The highest BCUT2D eigenvalue weighted by atomic mass is 79.9. The Morgan fingerprint density at radius 2 is 1.86 bits per heavy atom. The van der Waals surface area contributed by atoms with Crippen LogP contribution in [0.5, 0.6) is 5.75 Å². The van der Waals surface area contributed by atoms with E-state index in [4.69, 9.17) is 27.9 Å². The molecule has 0 saturated heterocycles. The molecule has 0 aliphatic heterocycles. The van der Waals surface area contributed by atoms with Gasteiger partial charge in [-0.2, -0.15) is 0 Å². The van der Waals surface area contributed by atoms with Crippen molar-refractivity contribution < 1.29 is 14.1 Å². The van der Waals surface area contributed by atoms with Gasteiger partial charge in [-0.15, -0.1) is 0 Å². The quantitative estimate of drug-likeness (QED) is 0.516. The number of hydrogen-bond acceptors (Lipinski definition) is 3. The van der Waals surface area contributed by atoms with E-state index in [-0.39, 0.29) is 33.9 Å². The second-order valence-electron chi connectivity index (χ2n) is 4.03. The first-order valence-electron chi connectivity index (χ1n) is 5.58. The maximum absolute atomic E-state index is 13.1. The van der Waals surface area contributed by atoms with E-state index in [1.807, 2.05) is 0 Å². The second kappa shape index (κ2) is 6.60. The van der Waals surface area contributed by atoms with Crippen LogP contribution >= 0.6 is 39.1 Å². The van der Waals surface area contributed by atoms with Crippen molar-refractivity contribution in [3.05, 3.63) is 66.3 Å². The van der Waals surface area contributed by atoms with Crippen molar-refractivity contribution in [2.45, 2.75) is 6.61 Å². The minimum absolute atomic E-state index is 0.0374. The Kier molecular flexibility index (Phi) is 5.03. The Hall–Kier alpha value is -1.37. The van der Waals surface area contributed by atoms with Crippen LogP contribution in [0.3, 0.4) is 0 Å². The van der Waals surface area contributed by atoms with Crippen LogP contribution in [0.2, 0.25) is 10.0 Å². The number of rotatable bonds is 4. The third-order valence-electron chi connectivity index (χ3n) is 2.56. The molecule has 2 aromatic carbocycles. The smallest absolute Gasteiger partial charge is 0.272 e. The largest absolute Gasteiger partial charge is 0.486 e. The van der Waals surface area contributed by atoms with E-state index in [0.717, 1.165) is 12.1 Å². The number of hydrogen-bond donors (Lipinski definition) is 0. The number of halogens is 4. The van der Waals surface area contributed by atoms with Crippen LogP contribution in [0.15, 0.2) is 34.8 Å². The fourth-order valence-corrected chi connectivity index (χ4v) is 2.59. The molecule has 0 spiro atoms. The van der Waals surface area contributed by atoms with Crippen LogP contribution in [-0.2, 0) is 6.61 Å². The predicted molar refractivity (Wildman–Crippen MR) is 81.5 cm³/mol. The maximum Gasteiger partial charge on any atom is 0.272 e. The first kappa shape index (κ1) is 16.0. The summed E-state index contributed by atoms with van der Waals surface area (Å²) in [5.41, 5.74) is 0.468. The van der Waals surface area contributed by atoms with Crippen molar-refractivity contribution in [1.29, 1.82) is 0 Å². The van der Waals surface area contributed by atoms with E-state index in [1.165, 1.54) is 6.07 Å². The van der Waals surface area contributed by atoms with Gasteiger partial charge in [0.05, 0.1) is 19.4 Å². The molecule has 0 aliphatic rings. The van der Waals surface area contributed by atoms with Crippen LogP contribution in [-0.4, -0.2) is 4.92 Å². The number of benzene rings is 2. The summed E-state index contributed by atoms with van der Waals surface area (Å²) in [6.45, 7) is 0.0934. The summed E-state index contributed by atoms with van der Waals surface area (Å²) in [6.07, 6.45) is 0. The Bertz CT molecular complexity index is 689. The van der Waals surface area contributed by atoms with E-state index >= 15 is 0 Å². The van der Waals surface area contributed by atoms with Gasteiger partial charge in [0.2, 0.25) is 0 Å². The molecular weight excluding hydrogens is 388 g/mol. The fourth-order valence-electron chi connectivity index (χ4n) is 1.57. The SMILES string of the molecule is O=[N+]([O-])c1cc(Cl)c(OCc2ccc(F)c(Br)c2)c(Cl)c1. The van der Waals surface area contributed by atoms with Gasteiger partial charge in [-0.25, -0.2) is 4.39 Å². The summed E-state index contributed by atoms with van der Waals surface area (Å²) in [6, 6.07) is 6.71. The molecule has 0 amide bonds. The fraction of sp³-hybridized carbons (Fsp3) is 0.0769. The minimum Gasteiger partial charge on any atom is -0.486 e. The average Bonchev–Trinajstić information content (AvgIpc) is 2.41. The van der Waals surface area contributed by atoms with Crippen molar-refractivity contribution in [2.75, 3.05) is 0 Å². The van der Waals surface area contributed by atoms with E-state index in [9.17, 15) is 14.5 Å². The second-order valence-corrected chi connectivity index (χ2v) is 5.70. The molecule has 0 bridgehead atoms. The predicted octanol–water partition coefficient (Wildman–Crippen LogP) is 5.38. The van der Waals surface area contributed by atoms with Crippen LogP contribution in [0, 0.1) is 15.9 Å². The maximum atomic E-state index is 13.1. The minimum atomic E-state index is -0.599. The zero-order valence-corrected chi connectivity index (χ0v) is 13.4. The van der Waals surface area contributed by atoms with Gasteiger partial charge in [-0.1, -0.05) is 29.3 Å². The zero-order valence-electron chi connectivity index (χ0n) is 10.3. The zero-order chi connectivity index (χ0) is 15.6. The van der Waals surface area contributed by atoms with E-state index < -0.39 is 4.92 Å². The van der Waals surface area contributed by atoms with Gasteiger partial charge in [-0.05, 0) is 33.6 Å². The summed E-state index contributed by atoms with van der Waals surface area (Å²) in [7, 11) is 0. The number of ether oxygens (including phenoxy) is 1. The molecule has 0 aromatic heterocycles. The summed E-state index contributed by atoms with van der Waals surface area (Å²) in [4.78, 5) is 10.1. The molecule has 8 heteroatoms. The monoisotopic (exact) mass is 393 g/mol. The summed E-state index contributed by atoms with van der Waals surface area (Å²) in [5.74, 6) is -0.241. The van der Waals surface area contributed by atoms with Gasteiger partial charge in [0.25, 0.3) is 5.69 Å². The number of nitro groups is 1. The van der Waals surface area contributed by atoms with Gasteiger partial charge in [-0.3, -0.25) is 10.1 Å². The molecule has 2 rings (SSSR count). The van der Waals surface area contributed by atoms with Gasteiger partial charge in [0.15, 0.2) is 5.75 Å². The first-order valence-corrected chi connectivity index (χ1v) is 7.13. The van der Waals surface area contributed by atoms with Gasteiger partial charge >= 0.3 is 0 Å². The molecule has 0 radical (unpaired) electrons. The van der Waals surface area contributed by atoms with Crippen LogP contribution in [0.1, 0.15) is 5.56 Å². The molecule has 0 heterocycles. The van der Waals surface area contributed by atoms with Crippen molar-refractivity contribution in [3.8, 4) is 5.75 Å². The molecule has 2 aromatic rings. The van der Waals surface area contributed by atoms with Crippen molar-refractivity contribution in [1.82, 2.24) is 0 Å². The molecule has 0 unspecified atom stereocenters. The highest BCUT2D eigenvalue weighted by Crippen LogP contribution is 2.37. The molecule has 0 aliphatic carbocycles. The molecule has 0 N–H and O–H groups in total. The topological polar surface area (TPSA) is 52.4 Å². The van der Waals surface area contributed by atoms with Crippen molar-refractivity contribution >= 4 is 44.8 Å². The molecule has 0 fully saturated rings. The Morgan fingerprint density at radius 3 is 2.38 bits per heavy atom. The highest BCUT2D eigenvalue weighted by molar-refractivity contribution is 9.10. The normalized spacial score (nSPS) is 10.5. The van der Waals surface area contributed by atoms with Gasteiger partial charge < -0.3 is 4.74 Å². The number of non-ortho nitro benzene ring substituents is 1. The van der Waals surface area contributed by atoms with Crippen molar-refractivity contribution in [2.24, 2.45) is 0 Å². The third-order valence-corrected chi connectivity index (χ3v) is 3.73. The summed E-state index contributed by atoms with van der Waals surface area (Å²) in [5, 5.41) is 10.7. The average molecular weight is 395 g/mol. The van der Waals surface area contributed by atoms with E-state index in [1.54, 1.807) is 12.1 Å². The van der Waals surface area contributed by atoms with Crippen LogP contribution in [0.25, 0.3) is 0 Å². The lowest BCUT2D eigenvalue weighted by Crippen LogP contribution is -1.98. The van der Waals surface area contributed by atoms with Gasteiger partial charge in [0.1, 0.15) is 12.4 Å². The summed E-state index contributed by atoms with van der Waals surface area (Å²) < 4.78 is 18.9. The van der Waals surface area contributed by atoms with Crippen molar-refractivity contribution in [3.63, 3.8) is 0 Å². The lowest BCUT2D eigenvalue weighted by atomic mass is 10.2. The standard InChI is InChI=1S/C13H7BrCl2FNO3/c14-9-3-7(1-2-12(9)17)6-21-13-10(15)4-8(18(19)20)5-11(13)16/h1-5H,6H2. The van der Waals surface area contributed by atoms with Crippen LogP contribution in [0.4, 0.5) is 10.1 Å². The molecule has 110 valence electrons. The number of nitro benzene ring substituents is 1.